The first kappa shape index (κ1) is 30.4. The van der Waals surface area contributed by atoms with Crippen molar-refractivity contribution in [3.63, 3.8) is 0 Å². The predicted octanol–water partition coefficient (Wildman–Crippen LogP) is 6.27. The van der Waals surface area contributed by atoms with Crippen LogP contribution < -0.4 is 15.1 Å². The Morgan fingerprint density at radius 2 is 1.82 bits per heavy atom. The van der Waals surface area contributed by atoms with Crippen LogP contribution in [0.5, 0.6) is 5.75 Å². The van der Waals surface area contributed by atoms with Gasteiger partial charge in [-0.1, -0.05) is 49.9 Å². The molecule has 1 saturated heterocycles. The molecule has 1 aliphatic heterocycles. The van der Waals surface area contributed by atoms with Crippen molar-refractivity contribution in [1.29, 1.82) is 0 Å². The number of ether oxygens (including phenoxy) is 1. The molecule has 0 atom stereocenters. The number of carbonyl (C=O) groups is 2. The molecule has 4 aromatic rings. The van der Waals surface area contributed by atoms with E-state index in [2.05, 4.69) is 30.3 Å². The van der Waals surface area contributed by atoms with Gasteiger partial charge >= 0.3 is 12.4 Å². The van der Waals surface area contributed by atoms with Crippen LogP contribution in [0, 0.1) is 5.82 Å². The van der Waals surface area contributed by atoms with Gasteiger partial charge < -0.3 is 4.74 Å². The highest BCUT2D eigenvalue weighted by molar-refractivity contribution is 8.15. The topological polar surface area (TPSA) is 114 Å². The molecular weight excluding hydrogens is 602 g/mol. The Hall–Kier alpha value is -5.05. The van der Waals surface area contributed by atoms with Gasteiger partial charge in [0.2, 0.25) is 5.91 Å². The lowest BCUT2D eigenvalue weighted by atomic mass is 10.0. The van der Waals surface area contributed by atoms with Gasteiger partial charge in [-0.05, 0) is 59.5 Å². The number of aromatic nitrogens is 3. The largest absolute Gasteiger partial charge is 0.573 e. The summed E-state index contributed by atoms with van der Waals surface area (Å²) < 4.78 is 56.3. The summed E-state index contributed by atoms with van der Waals surface area (Å²) in [4.78, 5) is 34.6. The van der Waals surface area contributed by atoms with Gasteiger partial charge in [0.25, 0.3) is 0 Å². The molecule has 10 nitrogen and oxygen atoms in total. The summed E-state index contributed by atoms with van der Waals surface area (Å²) in [6.45, 7) is 3.76. The van der Waals surface area contributed by atoms with Crippen LogP contribution in [0.3, 0.4) is 0 Å². The van der Waals surface area contributed by atoms with E-state index in [1.807, 2.05) is 13.8 Å². The Morgan fingerprint density at radius 3 is 2.50 bits per heavy atom. The molecule has 15 heteroatoms. The van der Waals surface area contributed by atoms with E-state index in [-0.39, 0.29) is 28.5 Å². The number of carbonyl (C=O) groups excluding carboxylic acids is 2. The standard InChI is InChI=1S/C29H23F4N7O3S/c1-17(2)23-13-20(30)7-12-24(23)40-25(41)15-44-28(40)36-27(42)37-35-14-18-3-5-19(6-4-18)26-34-16-39(38-26)21-8-10-22(11-9-21)43-29(31,32)33/h3-14,16-17H,15H2,1-2H3,(H,37,42)/b35-14+,36-28-. The summed E-state index contributed by atoms with van der Waals surface area (Å²) in [7, 11) is 0. The number of aliphatic imine (C=N–C) groups is 1. The maximum Gasteiger partial charge on any atom is 0.573 e. The minimum Gasteiger partial charge on any atom is -0.406 e. The maximum atomic E-state index is 13.8. The number of halogens is 4. The van der Waals surface area contributed by atoms with Gasteiger partial charge in [0, 0.05) is 5.56 Å². The third kappa shape index (κ3) is 7.29. The fraction of sp³-hybridized carbons (Fsp3) is 0.172. The molecule has 0 bridgehead atoms. The van der Waals surface area contributed by atoms with E-state index >= 15 is 0 Å². The molecule has 1 N–H and O–H groups in total. The molecule has 1 aromatic heterocycles. The number of amidine groups is 1. The van der Waals surface area contributed by atoms with Gasteiger partial charge in [-0.15, -0.1) is 18.3 Å². The third-order valence-electron chi connectivity index (χ3n) is 6.18. The van der Waals surface area contributed by atoms with Crippen LogP contribution in [0.2, 0.25) is 0 Å². The van der Waals surface area contributed by atoms with Crippen LogP contribution in [-0.4, -0.2) is 50.2 Å². The van der Waals surface area contributed by atoms with Crippen molar-refractivity contribution in [3.05, 3.63) is 90.0 Å². The van der Waals surface area contributed by atoms with Crippen molar-refractivity contribution in [2.45, 2.75) is 26.1 Å². The van der Waals surface area contributed by atoms with Crippen LogP contribution in [0.4, 0.5) is 28.0 Å². The van der Waals surface area contributed by atoms with Crippen molar-refractivity contribution in [2.24, 2.45) is 10.1 Å². The maximum absolute atomic E-state index is 13.8. The number of nitrogens with one attached hydrogen (secondary N) is 1. The molecule has 3 amide bonds. The Balaban J connectivity index is 1.21. The zero-order chi connectivity index (χ0) is 31.4. The van der Waals surface area contributed by atoms with Crippen molar-refractivity contribution in [2.75, 3.05) is 10.7 Å². The summed E-state index contributed by atoms with van der Waals surface area (Å²) in [5.74, 6) is -0.642. The van der Waals surface area contributed by atoms with Crippen LogP contribution in [0.15, 0.2) is 83.2 Å². The molecule has 0 saturated carbocycles. The molecule has 3 aromatic carbocycles. The van der Waals surface area contributed by atoms with E-state index in [9.17, 15) is 27.2 Å². The quantitative estimate of drug-likeness (QED) is 0.147. The van der Waals surface area contributed by atoms with Crippen molar-refractivity contribution in [3.8, 4) is 22.8 Å². The number of alkyl halides is 3. The molecule has 2 heterocycles. The smallest absolute Gasteiger partial charge is 0.406 e. The number of nitrogens with zero attached hydrogens (tertiary/aromatic N) is 6. The Morgan fingerprint density at radius 1 is 1.09 bits per heavy atom. The summed E-state index contributed by atoms with van der Waals surface area (Å²) in [5, 5.41) is 8.45. The van der Waals surface area contributed by atoms with Crippen LogP contribution in [0.1, 0.15) is 30.9 Å². The van der Waals surface area contributed by atoms with Crippen molar-refractivity contribution < 1.29 is 31.9 Å². The number of benzene rings is 3. The lowest BCUT2D eigenvalue weighted by Crippen LogP contribution is -2.31. The third-order valence-corrected chi connectivity index (χ3v) is 7.11. The Labute approximate surface area is 252 Å². The van der Waals surface area contributed by atoms with E-state index in [0.29, 0.717) is 33.9 Å². The van der Waals surface area contributed by atoms with Gasteiger partial charge in [0.05, 0.1) is 23.3 Å². The molecule has 0 radical (unpaired) electrons. The fourth-order valence-corrected chi connectivity index (χ4v) is 5.04. The lowest BCUT2D eigenvalue weighted by molar-refractivity contribution is -0.274. The number of rotatable bonds is 7. The highest BCUT2D eigenvalue weighted by Gasteiger charge is 2.33. The average Bonchev–Trinajstić information content (AvgIpc) is 3.60. The summed E-state index contributed by atoms with van der Waals surface area (Å²) in [6.07, 6.45) is -1.94. The highest BCUT2D eigenvalue weighted by atomic mass is 32.2. The second-order valence-corrected chi connectivity index (χ2v) is 10.6. The molecule has 0 spiro atoms. The Bertz CT molecular complexity index is 1740. The minimum absolute atomic E-state index is 0.0702. The van der Waals surface area contributed by atoms with E-state index in [0.717, 1.165) is 11.8 Å². The fourth-order valence-electron chi connectivity index (χ4n) is 4.19. The highest BCUT2D eigenvalue weighted by Crippen LogP contribution is 2.34. The Kier molecular flexibility index (Phi) is 8.76. The molecular formula is C29H23F4N7O3S. The van der Waals surface area contributed by atoms with Crippen molar-refractivity contribution >= 4 is 40.8 Å². The molecule has 5 rings (SSSR count). The average molecular weight is 626 g/mol. The number of anilines is 1. The summed E-state index contributed by atoms with van der Waals surface area (Å²) in [6, 6.07) is 15.4. The van der Waals surface area contributed by atoms with Gasteiger partial charge in [0.15, 0.2) is 11.0 Å². The van der Waals surface area contributed by atoms with E-state index in [1.165, 1.54) is 64.6 Å². The number of amides is 3. The number of hydrogen-bond donors (Lipinski definition) is 1. The molecule has 0 aliphatic carbocycles. The van der Waals surface area contributed by atoms with Gasteiger partial charge in [-0.3, -0.25) is 9.69 Å². The molecule has 1 aliphatic rings. The first-order valence-electron chi connectivity index (χ1n) is 13.0. The number of urea groups is 1. The first-order chi connectivity index (χ1) is 21.0. The van der Waals surface area contributed by atoms with Crippen LogP contribution in [0.25, 0.3) is 17.1 Å². The monoisotopic (exact) mass is 625 g/mol. The van der Waals surface area contributed by atoms with E-state index in [1.54, 1.807) is 24.3 Å². The second kappa shape index (κ2) is 12.7. The van der Waals surface area contributed by atoms with E-state index in [4.69, 9.17) is 0 Å². The zero-order valence-corrected chi connectivity index (χ0v) is 23.9. The summed E-state index contributed by atoms with van der Waals surface area (Å²) >= 11 is 1.10. The number of thioether (sulfide) groups is 1. The molecule has 226 valence electrons. The predicted molar refractivity (Wildman–Crippen MR) is 157 cm³/mol. The SMILES string of the molecule is CC(C)c1cc(F)ccc1N1C(=O)CS/C1=N\C(=O)N/N=C/c1ccc(-c2ncn(-c3ccc(OC(F)(F)F)cc3)n2)cc1. The lowest BCUT2D eigenvalue weighted by Gasteiger charge is -2.21. The zero-order valence-electron chi connectivity index (χ0n) is 23.1. The van der Waals surface area contributed by atoms with E-state index < -0.39 is 18.2 Å². The minimum atomic E-state index is -4.78. The van der Waals surface area contributed by atoms with Gasteiger partial charge in [0.1, 0.15) is 17.9 Å². The van der Waals surface area contributed by atoms with Gasteiger partial charge in [-0.2, -0.15) is 10.1 Å². The molecule has 0 unspecified atom stereocenters. The summed E-state index contributed by atoms with van der Waals surface area (Å²) in [5.41, 5.74) is 5.19. The first-order valence-corrected chi connectivity index (χ1v) is 14.0. The van der Waals surface area contributed by atoms with Crippen LogP contribution in [-0.2, 0) is 4.79 Å². The second-order valence-electron chi connectivity index (χ2n) is 9.62. The van der Waals surface area contributed by atoms with Gasteiger partial charge in [-0.25, -0.2) is 24.3 Å². The van der Waals surface area contributed by atoms with Crippen LogP contribution >= 0.6 is 11.8 Å². The number of hydrogen-bond acceptors (Lipinski definition) is 7. The number of hydrazone groups is 1. The van der Waals surface area contributed by atoms with Crippen molar-refractivity contribution in [1.82, 2.24) is 20.2 Å². The molecule has 44 heavy (non-hydrogen) atoms. The normalized spacial score (nSPS) is 14.7. The molecule has 1 fully saturated rings.